The van der Waals surface area contributed by atoms with Gasteiger partial charge in [0.25, 0.3) is 5.78 Å². The third kappa shape index (κ3) is 2.64. The number of para-hydroxylation sites is 1. The molecular formula is C23H19FN6. The molecule has 2 aliphatic rings. The Labute approximate surface area is 172 Å². The first-order valence-electron chi connectivity index (χ1n) is 10.2. The lowest BCUT2D eigenvalue weighted by molar-refractivity contribution is 0.532. The minimum absolute atomic E-state index is 0.172. The zero-order valence-electron chi connectivity index (χ0n) is 16.6. The van der Waals surface area contributed by atoms with Gasteiger partial charge >= 0.3 is 6.08 Å². The van der Waals surface area contributed by atoms with E-state index in [2.05, 4.69) is 38.8 Å². The summed E-state index contributed by atoms with van der Waals surface area (Å²) in [6, 6.07) is 9.61. The first kappa shape index (κ1) is 17.3. The molecule has 0 amide bonds. The maximum atomic E-state index is 14.2. The number of benzene rings is 1. The van der Waals surface area contributed by atoms with Crippen molar-refractivity contribution < 1.29 is 4.39 Å². The van der Waals surface area contributed by atoms with Crippen LogP contribution >= 0.6 is 0 Å². The Bertz CT molecular complexity index is 1380. The lowest BCUT2D eigenvalue weighted by atomic mass is 9.99. The molecular weight excluding hydrogens is 379 g/mol. The van der Waals surface area contributed by atoms with Gasteiger partial charge in [0.15, 0.2) is 0 Å². The monoisotopic (exact) mass is 398 g/mol. The summed E-state index contributed by atoms with van der Waals surface area (Å²) in [5, 5.41) is 8.33. The molecule has 0 spiro atoms. The van der Waals surface area contributed by atoms with Gasteiger partial charge in [0, 0.05) is 34.7 Å². The second-order valence-electron chi connectivity index (χ2n) is 8.28. The summed E-state index contributed by atoms with van der Waals surface area (Å²) in [5.41, 5.74) is 3.05. The van der Waals surface area contributed by atoms with Crippen LogP contribution in [0.2, 0.25) is 0 Å². The molecule has 4 heterocycles. The van der Waals surface area contributed by atoms with E-state index in [0.717, 1.165) is 47.5 Å². The smallest absolute Gasteiger partial charge is 0.310 e. The first-order valence-corrected chi connectivity index (χ1v) is 10.2. The van der Waals surface area contributed by atoms with E-state index in [1.54, 1.807) is 0 Å². The quantitative estimate of drug-likeness (QED) is 0.453. The van der Waals surface area contributed by atoms with Gasteiger partial charge < -0.3 is 4.90 Å². The van der Waals surface area contributed by atoms with Crippen molar-refractivity contribution in [3.63, 3.8) is 0 Å². The van der Waals surface area contributed by atoms with Gasteiger partial charge in [0.05, 0.1) is 5.52 Å². The van der Waals surface area contributed by atoms with Gasteiger partial charge in [-0.2, -0.15) is 9.37 Å². The van der Waals surface area contributed by atoms with Gasteiger partial charge in [-0.3, -0.25) is 0 Å². The molecule has 0 radical (unpaired) electrons. The molecule has 4 aromatic rings. The van der Waals surface area contributed by atoms with Crippen molar-refractivity contribution in [2.75, 3.05) is 11.4 Å². The first-order chi connectivity index (χ1) is 14.6. The van der Waals surface area contributed by atoms with Crippen LogP contribution in [0.3, 0.4) is 0 Å². The summed E-state index contributed by atoms with van der Waals surface area (Å²) in [7, 11) is 0. The van der Waals surface area contributed by atoms with E-state index < -0.39 is 6.08 Å². The van der Waals surface area contributed by atoms with Crippen molar-refractivity contribution in [3.8, 4) is 11.8 Å². The fourth-order valence-corrected chi connectivity index (χ4v) is 4.09. The second kappa shape index (κ2) is 6.23. The molecule has 1 aliphatic carbocycles. The third-order valence-electron chi connectivity index (χ3n) is 6.05. The molecule has 1 aliphatic heterocycles. The molecule has 0 unspecified atom stereocenters. The Morgan fingerprint density at radius 3 is 2.83 bits per heavy atom. The van der Waals surface area contributed by atoms with Crippen molar-refractivity contribution in [2.24, 2.45) is 5.41 Å². The maximum absolute atomic E-state index is 14.2. The predicted octanol–water partition coefficient (Wildman–Crippen LogP) is 4.05. The van der Waals surface area contributed by atoms with Crippen molar-refractivity contribution in [3.05, 3.63) is 53.7 Å². The molecule has 0 saturated heterocycles. The maximum Gasteiger partial charge on any atom is 0.315 e. The minimum atomic E-state index is -0.663. The lowest BCUT2D eigenvalue weighted by Crippen LogP contribution is -2.27. The van der Waals surface area contributed by atoms with Crippen LogP contribution in [0.25, 0.3) is 16.7 Å². The zero-order valence-corrected chi connectivity index (χ0v) is 16.6. The van der Waals surface area contributed by atoms with E-state index in [4.69, 9.17) is 4.98 Å². The number of halogens is 1. The van der Waals surface area contributed by atoms with Gasteiger partial charge in [-0.15, -0.1) is 5.10 Å². The van der Waals surface area contributed by atoms with Crippen molar-refractivity contribution in [2.45, 2.75) is 32.6 Å². The number of hydrogen-bond donors (Lipinski definition) is 0. The lowest BCUT2D eigenvalue weighted by Gasteiger charge is -2.30. The molecule has 6 rings (SSSR count). The van der Waals surface area contributed by atoms with Crippen LogP contribution in [0.15, 0.2) is 36.5 Å². The fourth-order valence-electron chi connectivity index (χ4n) is 4.09. The summed E-state index contributed by atoms with van der Waals surface area (Å²) in [6.07, 6.45) is 5.39. The number of hydrogen-bond acceptors (Lipinski definition) is 5. The van der Waals surface area contributed by atoms with E-state index in [1.807, 2.05) is 36.5 Å². The van der Waals surface area contributed by atoms with Gasteiger partial charge in [0.2, 0.25) is 0 Å². The molecule has 1 aromatic carbocycles. The van der Waals surface area contributed by atoms with Crippen LogP contribution in [0.4, 0.5) is 16.0 Å². The highest BCUT2D eigenvalue weighted by Gasteiger charge is 2.35. The molecule has 3 aromatic heterocycles. The summed E-state index contributed by atoms with van der Waals surface area (Å²) in [6.45, 7) is 2.99. The predicted molar refractivity (Wildman–Crippen MR) is 112 cm³/mol. The van der Waals surface area contributed by atoms with Gasteiger partial charge in [-0.05, 0) is 50.8 Å². The van der Waals surface area contributed by atoms with Gasteiger partial charge in [-0.1, -0.05) is 29.1 Å². The van der Waals surface area contributed by atoms with Crippen LogP contribution < -0.4 is 4.90 Å². The van der Waals surface area contributed by atoms with E-state index in [9.17, 15) is 4.39 Å². The van der Waals surface area contributed by atoms with Crippen molar-refractivity contribution >= 4 is 28.3 Å². The molecule has 0 bridgehead atoms. The number of aromatic nitrogens is 5. The van der Waals surface area contributed by atoms with Crippen molar-refractivity contribution in [1.82, 2.24) is 24.6 Å². The highest BCUT2D eigenvalue weighted by Crippen LogP contribution is 2.44. The van der Waals surface area contributed by atoms with Crippen molar-refractivity contribution in [1.29, 1.82) is 0 Å². The molecule has 148 valence electrons. The Kier molecular flexibility index (Phi) is 3.60. The molecule has 1 saturated carbocycles. The minimum Gasteiger partial charge on any atom is -0.310 e. The normalized spacial score (nSPS) is 16.9. The Balaban J connectivity index is 1.55. The Morgan fingerprint density at radius 2 is 1.97 bits per heavy atom. The van der Waals surface area contributed by atoms with Crippen LogP contribution in [0.1, 0.15) is 37.3 Å². The standard InChI is InChI=1S/C23H19FN6/c1-23(11-12-23)10-8-15-9-13-25-19-16(15)6-4-14-29(19)20-17-5-2-3-7-18(17)30-21(24)27-28-22(30)26-20/h2-3,5,7,9,13H,4,6,11-12,14H2,1H3. The molecule has 7 heteroatoms. The van der Waals surface area contributed by atoms with Crippen LogP contribution in [0, 0.1) is 23.3 Å². The third-order valence-corrected chi connectivity index (χ3v) is 6.05. The van der Waals surface area contributed by atoms with Crippen LogP contribution in [0.5, 0.6) is 0 Å². The molecule has 0 N–H and O–H groups in total. The topological polar surface area (TPSA) is 59.2 Å². The summed E-state index contributed by atoms with van der Waals surface area (Å²) < 4.78 is 15.6. The largest absolute Gasteiger partial charge is 0.315 e. The average molecular weight is 398 g/mol. The SMILES string of the molecule is CC1(C#Cc2ccnc3c2CCCN3c2nc3nnc(F)n3c3ccccc23)CC1. The summed E-state index contributed by atoms with van der Waals surface area (Å²) >= 11 is 0. The highest BCUT2D eigenvalue weighted by atomic mass is 19.1. The molecule has 6 nitrogen and oxygen atoms in total. The Morgan fingerprint density at radius 1 is 1.10 bits per heavy atom. The van der Waals surface area contributed by atoms with Gasteiger partial charge in [-0.25, -0.2) is 9.38 Å². The number of fused-ring (bicyclic) bond motifs is 4. The fraction of sp³-hybridized carbons (Fsp3) is 0.304. The molecule has 1 fully saturated rings. The number of anilines is 2. The van der Waals surface area contributed by atoms with Gasteiger partial charge in [0.1, 0.15) is 11.6 Å². The van der Waals surface area contributed by atoms with Crippen LogP contribution in [-0.4, -0.2) is 31.1 Å². The van der Waals surface area contributed by atoms with E-state index in [-0.39, 0.29) is 11.2 Å². The van der Waals surface area contributed by atoms with E-state index >= 15 is 0 Å². The summed E-state index contributed by atoms with van der Waals surface area (Å²) in [4.78, 5) is 11.5. The zero-order chi connectivity index (χ0) is 20.3. The number of rotatable bonds is 1. The van der Waals surface area contributed by atoms with E-state index in [1.165, 1.54) is 17.2 Å². The van der Waals surface area contributed by atoms with E-state index in [0.29, 0.717) is 5.52 Å². The number of pyridine rings is 1. The molecule has 0 atom stereocenters. The Hall–Kier alpha value is -3.53. The average Bonchev–Trinajstić information content (AvgIpc) is 3.40. The second-order valence-corrected chi connectivity index (χ2v) is 8.28. The highest BCUT2D eigenvalue weighted by molar-refractivity contribution is 5.93. The molecule has 30 heavy (non-hydrogen) atoms. The van der Waals surface area contributed by atoms with Crippen LogP contribution in [-0.2, 0) is 6.42 Å². The summed E-state index contributed by atoms with van der Waals surface area (Å²) in [5.74, 6) is 8.67. The number of nitrogens with zero attached hydrogens (tertiary/aromatic N) is 6.